The molecule has 0 bridgehead atoms. The number of nitrogens with two attached hydrogens (primary N) is 1. The summed E-state index contributed by atoms with van der Waals surface area (Å²) in [6.07, 6.45) is 4.97. The molecule has 1 aliphatic rings. The topological polar surface area (TPSA) is 167 Å². The van der Waals surface area contributed by atoms with Gasteiger partial charge in [-0.2, -0.15) is 10.5 Å². The minimum atomic E-state index is -0.382. The van der Waals surface area contributed by atoms with Gasteiger partial charge in [-0.25, -0.2) is 0 Å². The van der Waals surface area contributed by atoms with Crippen molar-refractivity contribution in [1.29, 1.82) is 10.5 Å². The zero-order valence-corrected chi connectivity index (χ0v) is 24.2. The number of anilines is 3. The second-order valence-corrected chi connectivity index (χ2v) is 10.2. The molecule has 222 valence electrons. The van der Waals surface area contributed by atoms with Crippen molar-refractivity contribution in [3.63, 3.8) is 0 Å². The molecule has 44 heavy (non-hydrogen) atoms. The summed E-state index contributed by atoms with van der Waals surface area (Å²) in [6, 6.07) is 20.1. The number of carbonyl (C=O) groups is 1. The maximum Gasteiger partial charge on any atom is 0.248 e. The Morgan fingerprint density at radius 1 is 1.16 bits per heavy atom. The van der Waals surface area contributed by atoms with Crippen molar-refractivity contribution in [3.8, 4) is 23.6 Å². The molecule has 1 fully saturated rings. The Morgan fingerprint density at radius 2 is 2.05 bits per heavy atom. The molecule has 0 spiro atoms. The molecule has 1 unspecified atom stereocenters. The van der Waals surface area contributed by atoms with E-state index in [2.05, 4.69) is 33.2 Å². The Kier molecular flexibility index (Phi) is 9.87. The highest BCUT2D eigenvalue weighted by molar-refractivity contribution is 6.32. The number of hydrogen-bond acceptors (Lipinski definition) is 10. The monoisotopic (exact) mass is 609 g/mol. The average molecular weight is 610 g/mol. The first-order chi connectivity index (χ1) is 21.5. The van der Waals surface area contributed by atoms with E-state index in [4.69, 9.17) is 36.9 Å². The Balaban J connectivity index is 1.44. The molecule has 1 atom stereocenters. The van der Waals surface area contributed by atoms with E-state index in [-0.39, 0.29) is 24.2 Å². The molecular formula is C32H28ClN7O4. The largest absolute Gasteiger partial charge is 0.487 e. The SMILES string of the molecule is N#Cc1cccc(COc2ccc(Nc3c(C#N)cnc4cc(OC5CCOC5)c(NC(=O)/C=C/CNN)cc34)cc2Cl)c1. The van der Waals surface area contributed by atoms with Crippen molar-refractivity contribution >= 4 is 45.5 Å². The van der Waals surface area contributed by atoms with Crippen molar-refractivity contribution < 1.29 is 19.0 Å². The minimum absolute atomic E-state index is 0.172. The van der Waals surface area contributed by atoms with Crippen LogP contribution in [0, 0.1) is 22.7 Å². The molecule has 11 nitrogen and oxygen atoms in total. The van der Waals surface area contributed by atoms with Crippen molar-refractivity contribution in [3.05, 3.63) is 94.7 Å². The zero-order valence-electron chi connectivity index (χ0n) is 23.5. The van der Waals surface area contributed by atoms with Crippen molar-refractivity contribution in [2.45, 2.75) is 19.1 Å². The minimum Gasteiger partial charge on any atom is -0.487 e. The second kappa shape index (κ2) is 14.3. The average Bonchev–Trinajstić information content (AvgIpc) is 3.54. The Labute approximate surface area is 258 Å². The van der Waals surface area contributed by atoms with Gasteiger partial charge in [0.15, 0.2) is 0 Å². The first-order valence-corrected chi connectivity index (χ1v) is 14.1. The third kappa shape index (κ3) is 7.42. The number of benzene rings is 3. The maximum absolute atomic E-state index is 12.7. The molecule has 0 aliphatic carbocycles. The molecule has 12 heteroatoms. The van der Waals surface area contributed by atoms with Gasteiger partial charge in [0.25, 0.3) is 0 Å². The van der Waals surface area contributed by atoms with E-state index >= 15 is 0 Å². The molecule has 4 aromatic rings. The number of ether oxygens (including phenoxy) is 3. The number of nitrogens with zero attached hydrogens (tertiary/aromatic N) is 3. The third-order valence-corrected chi connectivity index (χ3v) is 6.98. The number of hydrazine groups is 1. The number of rotatable bonds is 11. The van der Waals surface area contributed by atoms with Gasteiger partial charge in [0.1, 0.15) is 30.3 Å². The Morgan fingerprint density at radius 3 is 2.80 bits per heavy atom. The zero-order chi connectivity index (χ0) is 30.9. The Hall–Kier alpha value is -5.17. The van der Waals surface area contributed by atoms with Gasteiger partial charge in [0, 0.05) is 42.4 Å². The number of hydrogen-bond donors (Lipinski definition) is 4. The summed E-state index contributed by atoms with van der Waals surface area (Å²) < 4.78 is 17.5. The van der Waals surface area contributed by atoms with Crippen molar-refractivity contribution in [2.24, 2.45) is 5.84 Å². The van der Waals surface area contributed by atoms with Crippen LogP contribution in [-0.4, -0.2) is 36.8 Å². The van der Waals surface area contributed by atoms with E-state index in [0.717, 1.165) is 5.56 Å². The molecule has 1 aromatic heterocycles. The summed E-state index contributed by atoms with van der Waals surface area (Å²) in [6.45, 7) is 1.58. The summed E-state index contributed by atoms with van der Waals surface area (Å²) >= 11 is 6.56. The standard InChI is InChI=1S/C32H28ClN7O4/c33-26-12-23(6-7-29(26)43-18-21-4-1-3-20(11-21)15-34)39-32-22(16-35)17-37-27-14-30(44-24-8-10-42-19-24)28(13-25(27)32)40-31(41)5-2-9-38-36/h1-7,11-14,17,24,38H,8-10,18-19,36H2,(H,37,39)(H,40,41)/b5-2+. The Bertz CT molecular complexity index is 1790. The van der Waals surface area contributed by atoms with Gasteiger partial charge in [-0.1, -0.05) is 29.8 Å². The van der Waals surface area contributed by atoms with Crippen LogP contribution in [0.3, 0.4) is 0 Å². The molecule has 2 heterocycles. The quantitative estimate of drug-likeness (QED) is 0.102. The molecule has 3 aromatic carbocycles. The summed E-state index contributed by atoms with van der Waals surface area (Å²) in [5.74, 6) is 5.80. The lowest BCUT2D eigenvalue weighted by Crippen LogP contribution is -2.22. The number of pyridine rings is 1. The van der Waals surface area contributed by atoms with Gasteiger partial charge in [-0.15, -0.1) is 0 Å². The lowest BCUT2D eigenvalue weighted by molar-refractivity contribution is -0.111. The van der Waals surface area contributed by atoms with Gasteiger partial charge >= 0.3 is 0 Å². The number of halogens is 1. The molecule has 5 rings (SSSR count). The fourth-order valence-corrected chi connectivity index (χ4v) is 4.80. The number of nitrogens with one attached hydrogen (secondary N) is 3. The van der Waals surface area contributed by atoms with E-state index in [9.17, 15) is 10.1 Å². The molecule has 1 saturated heterocycles. The van der Waals surface area contributed by atoms with Crippen LogP contribution in [0.1, 0.15) is 23.1 Å². The van der Waals surface area contributed by atoms with Gasteiger partial charge < -0.3 is 24.8 Å². The van der Waals surface area contributed by atoms with Gasteiger partial charge in [0.05, 0.1) is 52.3 Å². The summed E-state index contributed by atoms with van der Waals surface area (Å²) in [4.78, 5) is 17.2. The van der Waals surface area contributed by atoms with Gasteiger partial charge in [0.2, 0.25) is 5.91 Å². The number of amides is 1. The third-order valence-electron chi connectivity index (χ3n) is 6.69. The predicted molar refractivity (Wildman–Crippen MR) is 166 cm³/mol. The normalized spacial score (nSPS) is 14.2. The predicted octanol–water partition coefficient (Wildman–Crippen LogP) is 5.08. The van der Waals surface area contributed by atoms with Crippen molar-refractivity contribution in [2.75, 3.05) is 30.4 Å². The van der Waals surface area contributed by atoms with E-state index < -0.39 is 0 Å². The van der Waals surface area contributed by atoms with E-state index in [1.807, 2.05) is 6.07 Å². The fraction of sp³-hybridized carbons (Fsp3) is 0.188. The first kappa shape index (κ1) is 30.3. The summed E-state index contributed by atoms with van der Waals surface area (Å²) in [5.41, 5.74) is 6.16. The van der Waals surface area contributed by atoms with Crippen LogP contribution in [0.5, 0.6) is 11.5 Å². The second-order valence-electron chi connectivity index (χ2n) is 9.80. The maximum atomic E-state index is 12.7. The first-order valence-electron chi connectivity index (χ1n) is 13.7. The summed E-state index contributed by atoms with van der Waals surface area (Å²) in [7, 11) is 0. The molecule has 1 amide bonds. The molecule has 0 saturated carbocycles. The lowest BCUT2D eigenvalue weighted by Gasteiger charge is -2.18. The van der Waals surface area contributed by atoms with E-state index in [1.54, 1.807) is 54.6 Å². The van der Waals surface area contributed by atoms with E-state index in [1.165, 1.54) is 12.3 Å². The molecule has 5 N–H and O–H groups in total. The van der Waals surface area contributed by atoms with Crippen LogP contribution < -0.4 is 31.4 Å². The van der Waals surface area contributed by atoms with Crippen LogP contribution in [0.2, 0.25) is 5.02 Å². The molecule has 0 radical (unpaired) electrons. The smallest absolute Gasteiger partial charge is 0.248 e. The highest BCUT2D eigenvalue weighted by Gasteiger charge is 2.21. The van der Waals surface area contributed by atoms with Gasteiger partial charge in [-0.05, 0) is 42.0 Å². The number of nitriles is 2. The van der Waals surface area contributed by atoms with Crippen LogP contribution in [0.15, 0.2) is 72.9 Å². The van der Waals surface area contributed by atoms with Crippen molar-refractivity contribution in [1.82, 2.24) is 10.4 Å². The molecule has 1 aliphatic heterocycles. The fourth-order valence-electron chi connectivity index (χ4n) is 4.56. The molecular weight excluding hydrogens is 582 g/mol. The van der Waals surface area contributed by atoms with Crippen LogP contribution >= 0.6 is 11.6 Å². The summed E-state index contributed by atoms with van der Waals surface area (Å²) in [5, 5.41) is 26.1. The number of fused-ring (bicyclic) bond motifs is 1. The van der Waals surface area contributed by atoms with Crippen LogP contribution in [0.25, 0.3) is 10.9 Å². The van der Waals surface area contributed by atoms with E-state index in [0.29, 0.717) is 76.2 Å². The highest BCUT2D eigenvalue weighted by Crippen LogP contribution is 2.38. The highest BCUT2D eigenvalue weighted by atomic mass is 35.5. The van der Waals surface area contributed by atoms with Crippen LogP contribution in [0.4, 0.5) is 17.1 Å². The number of aromatic nitrogens is 1. The van der Waals surface area contributed by atoms with Gasteiger partial charge in [-0.3, -0.25) is 21.0 Å². The lowest BCUT2D eigenvalue weighted by atomic mass is 10.1. The van der Waals surface area contributed by atoms with Crippen LogP contribution in [-0.2, 0) is 16.1 Å². The number of carbonyl (C=O) groups excluding carboxylic acids is 1.